The Morgan fingerprint density at radius 2 is 1.78 bits per heavy atom. The van der Waals surface area contributed by atoms with Crippen LogP contribution in [0.2, 0.25) is 5.02 Å². The van der Waals surface area contributed by atoms with Crippen LogP contribution in [-0.4, -0.2) is 27.5 Å². The molecule has 5 nitrogen and oxygen atoms in total. The van der Waals surface area contributed by atoms with Gasteiger partial charge < -0.3 is 10.6 Å². The van der Waals surface area contributed by atoms with Gasteiger partial charge in [-0.25, -0.2) is 4.98 Å². The number of hydrogen-bond acceptors (Lipinski definition) is 4. The van der Waals surface area contributed by atoms with E-state index >= 15 is 0 Å². The molecule has 0 fully saturated rings. The molecule has 6 heteroatoms. The second kappa shape index (κ2) is 11.8. The van der Waals surface area contributed by atoms with Crippen LogP contribution in [0.4, 0.5) is 0 Å². The van der Waals surface area contributed by atoms with Crippen LogP contribution in [0, 0.1) is 12.8 Å². The molecule has 4 aromatic rings. The van der Waals surface area contributed by atoms with Crippen molar-refractivity contribution < 1.29 is 0 Å². The maximum Gasteiger partial charge on any atom is 0.261 e. The summed E-state index contributed by atoms with van der Waals surface area (Å²) in [5, 5.41) is 1.11. The smallest absolute Gasteiger partial charge is 0.261 e. The molecule has 0 unspecified atom stereocenters. The van der Waals surface area contributed by atoms with Crippen LogP contribution < -0.4 is 11.3 Å². The van der Waals surface area contributed by atoms with Gasteiger partial charge in [0.1, 0.15) is 5.82 Å². The number of rotatable bonds is 10. The van der Waals surface area contributed by atoms with Gasteiger partial charge >= 0.3 is 0 Å². The summed E-state index contributed by atoms with van der Waals surface area (Å²) < 4.78 is 1.81. The monoisotopic (exact) mass is 514 g/mol. The molecule has 0 aliphatic carbocycles. The van der Waals surface area contributed by atoms with E-state index in [4.69, 9.17) is 22.3 Å². The average Bonchev–Trinajstić information content (AvgIpc) is 2.88. The van der Waals surface area contributed by atoms with Gasteiger partial charge in [0.2, 0.25) is 0 Å². The van der Waals surface area contributed by atoms with Crippen LogP contribution in [0.5, 0.6) is 0 Å². The van der Waals surface area contributed by atoms with E-state index < -0.39 is 0 Å². The molecule has 0 radical (unpaired) electrons. The fourth-order valence-corrected chi connectivity index (χ4v) is 4.94. The van der Waals surface area contributed by atoms with Gasteiger partial charge in [-0.3, -0.25) is 9.36 Å². The van der Waals surface area contributed by atoms with Crippen molar-refractivity contribution >= 4 is 28.2 Å². The maximum absolute atomic E-state index is 13.9. The van der Waals surface area contributed by atoms with Gasteiger partial charge in [0.15, 0.2) is 0 Å². The number of halogens is 1. The highest BCUT2D eigenvalue weighted by Gasteiger charge is 2.30. The molecule has 1 aromatic heterocycles. The van der Waals surface area contributed by atoms with Gasteiger partial charge in [0.25, 0.3) is 5.56 Å². The van der Waals surface area contributed by atoms with Gasteiger partial charge in [0.05, 0.1) is 23.5 Å². The summed E-state index contributed by atoms with van der Waals surface area (Å²) in [6.45, 7) is 12.6. The minimum Gasteiger partial charge on any atom is -0.361 e. The van der Waals surface area contributed by atoms with Crippen molar-refractivity contribution in [2.45, 2.75) is 39.8 Å². The van der Waals surface area contributed by atoms with Crippen LogP contribution in [0.3, 0.4) is 0 Å². The lowest BCUT2D eigenvalue weighted by atomic mass is 9.97. The van der Waals surface area contributed by atoms with E-state index in [9.17, 15) is 4.79 Å². The maximum atomic E-state index is 13.9. The lowest BCUT2D eigenvalue weighted by Crippen LogP contribution is -2.38. The molecule has 37 heavy (non-hydrogen) atoms. The summed E-state index contributed by atoms with van der Waals surface area (Å²) >= 11 is 6.32. The Bertz CT molecular complexity index is 1430. The average molecular weight is 515 g/mol. The zero-order valence-electron chi connectivity index (χ0n) is 21.8. The Morgan fingerprint density at radius 3 is 2.43 bits per heavy atom. The van der Waals surface area contributed by atoms with Gasteiger partial charge in [-0.05, 0) is 55.1 Å². The third-order valence-corrected chi connectivity index (χ3v) is 6.93. The molecular formula is C31H35ClN4O. The molecule has 0 aliphatic rings. The van der Waals surface area contributed by atoms with Crippen LogP contribution in [-0.2, 0) is 6.54 Å². The summed E-state index contributed by atoms with van der Waals surface area (Å²) in [5.41, 5.74) is 10.6. The number of nitrogens with two attached hydrogens (primary N) is 1. The largest absolute Gasteiger partial charge is 0.361 e. The highest BCUT2D eigenvalue weighted by Crippen LogP contribution is 2.34. The highest BCUT2D eigenvalue weighted by atomic mass is 35.5. The molecule has 1 heterocycles. The molecule has 2 N–H and O–H groups in total. The second-order valence-electron chi connectivity index (χ2n) is 9.85. The van der Waals surface area contributed by atoms with E-state index in [1.165, 1.54) is 5.56 Å². The lowest BCUT2D eigenvalue weighted by molar-refractivity contribution is 0.219. The summed E-state index contributed by atoms with van der Waals surface area (Å²) in [6.07, 6.45) is 0.788. The molecule has 0 aliphatic heterocycles. The van der Waals surface area contributed by atoms with Crippen LogP contribution in [0.1, 0.15) is 48.8 Å². The molecule has 4 rings (SSSR count). The van der Waals surface area contributed by atoms with Crippen molar-refractivity contribution in [2.75, 3.05) is 13.1 Å². The second-order valence-corrected chi connectivity index (χ2v) is 10.3. The van der Waals surface area contributed by atoms with Crippen LogP contribution >= 0.6 is 11.6 Å². The minimum absolute atomic E-state index is 0.0779. The zero-order chi connectivity index (χ0) is 26.5. The van der Waals surface area contributed by atoms with Gasteiger partial charge in [-0.15, -0.1) is 0 Å². The van der Waals surface area contributed by atoms with Crippen molar-refractivity contribution in [1.82, 2.24) is 14.5 Å². The molecule has 0 spiro atoms. The molecule has 3 aromatic carbocycles. The molecule has 1 atom stereocenters. The molecule has 0 amide bonds. The van der Waals surface area contributed by atoms with Crippen molar-refractivity contribution in [3.63, 3.8) is 0 Å². The summed E-state index contributed by atoms with van der Waals surface area (Å²) in [6, 6.07) is 23.4. The van der Waals surface area contributed by atoms with Gasteiger partial charge in [-0.2, -0.15) is 0 Å². The number of fused-ring (bicyclic) bond motifs is 1. The number of benzene rings is 3. The predicted molar refractivity (Wildman–Crippen MR) is 155 cm³/mol. The third kappa shape index (κ3) is 5.95. The Labute approximate surface area is 224 Å². The zero-order valence-corrected chi connectivity index (χ0v) is 22.6. The number of hydrogen-bond donors (Lipinski definition) is 1. The fourth-order valence-electron chi connectivity index (χ4n) is 4.77. The standard InChI is InChI=1S/C31H35ClN4O/c1-21(2)29(35(18-8-17-33)23(4)25-13-11-22(3)12-14-25)30-34-28-19-26(32)15-16-27(28)31(37)36(30)20-24-9-6-5-7-10-24/h5-7,9-16,19,21,29H,4,8,17-18,20,33H2,1-3H3/t29-/m1/s1. The van der Waals surface area contributed by atoms with Gasteiger partial charge in [-0.1, -0.05) is 92.2 Å². The van der Waals surface area contributed by atoms with Crippen molar-refractivity contribution in [1.29, 1.82) is 0 Å². The van der Waals surface area contributed by atoms with Crippen molar-refractivity contribution in [2.24, 2.45) is 11.7 Å². The van der Waals surface area contributed by atoms with E-state index in [2.05, 4.69) is 56.5 Å². The molecule has 0 bridgehead atoms. The molecule has 192 valence electrons. The van der Waals surface area contributed by atoms with E-state index in [-0.39, 0.29) is 17.5 Å². The molecule has 0 saturated carbocycles. The van der Waals surface area contributed by atoms with E-state index in [1.54, 1.807) is 18.2 Å². The van der Waals surface area contributed by atoms with E-state index in [0.29, 0.717) is 41.4 Å². The Hall–Kier alpha value is -3.41. The Morgan fingerprint density at radius 1 is 1.08 bits per heavy atom. The Kier molecular flexibility index (Phi) is 8.47. The van der Waals surface area contributed by atoms with Crippen molar-refractivity contribution in [3.05, 3.63) is 117 Å². The highest BCUT2D eigenvalue weighted by molar-refractivity contribution is 6.31. The third-order valence-electron chi connectivity index (χ3n) is 6.70. The SMILES string of the molecule is C=C(c1ccc(C)cc1)N(CCCN)[C@@H](c1nc2cc(Cl)ccc2c(=O)n1Cc1ccccc1)C(C)C. The summed E-state index contributed by atoms with van der Waals surface area (Å²) in [5.74, 6) is 0.828. The number of nitrogens with zero attached hydrogens (tertiary/aromatic N) is 3. The first-order chi connectivity index (χ1) is 17.8. The summed E-state index contributed by atoms with van der Waals surface area (Å²) in [4.78, 5) is 21.3. The van der Waals surface area contributed by atoms with E-state index in [1.807, 2.05) is 34.9 Å². The quantitative estimate of drug-likeness (QED) is 0.265. The normalized spacial score (nSPS) is 12.2. The minimum atomic E-state index is -0.208. The first-order valence-corrected chi connectivity index (χ1v) is 13.1. The van der Waals surface area contributed by atoms with Crippen LogP contribution in [0.25, 0.3) is 16.6 Å². The first kappa shape index (κ1) is 26.6. The van der Waals surface area contributed by atoms with E-state index in [0.717, 1.165) is 23.2 Å². The number of aromatic nitrogens is 2. The molecular weight excluding hydrogens is 480 g/mol. The topological polar surface area (TPSA) is 64.2 Å². The van der Waals surface area contributed by atoms with Gasteiger partial charge in [0, 0.05) is 17.3 Å². The van der Waals surface area contributed by atoms with Crippen LogP contribution in [0.15, 0.2) is 84.2 Å². The summed E-state index contributed by atoms with van der Waals surface area (Å²) in [7, 11) is 0. The van der Waals surface area contributed by atoms with Crippen molar-refractivity contribution in [3.8, 4) is 0 Å². The number of aryl methyl sites for hydroxylation is 1. The fraction of sp³-hybridized carbons (Fsp3) is 0.290. The predicted octanol–water partition coefficient (Wildman–Crippen LogP) is 6.43. The Balaban J connectivity index is 1.93. The first-order valence-electron chi connectivity index (χ1n) is 12.8. The lowest BCUT2D eigenvalue weighted by Gasteiger charge is -2.38. The molecule has 0 saturated heterocycles.